The summed E-state index contributed by atoms with van der Waals surface area (Å²) in [6, 6.07) is 3.85. The van der Waals surface area contributed by atoms with Crippen LogP contribution in [0.1, 0.15) is 10.4 Å². The van der Waals surface area contributed by atoms with Crippen molar-refractivity contribution in [2.24, 2.45) is 0 Å². The van der Waals surface area contributed by atoms with Crippen molar-refractivity contribution in [3.05, 3.63) is 41.6 Å². The highest BCUT2D eigenvalue weighted by Gasteiger charge is 2.11. The van der Waals surface area contributed by atoms with Gasteiger partial charge in [-0.05, 0) is 18.2 Å². The van der Waals surface area contributed by atoms with Gasteiger partial charge in [-0.15, -0.1) is 0 Å². The maximum Gasteiger partial charge on any atom is 0.252 e. The highest BCUT2D eigenvalue weighted by atomic mass is 19.2. The van der Waals surface area contributed by atoms with Gasteiger partial charge < -0.3 is 10.1 Å². The Bertz CT molecular complexity index is 617. The summed E-state index contributed by atoms with van der Waals surface area (Å²) in [5.74, 6) is -2.31. The lowest BCUT2D eigenvalue weighted by molar-refractivity contribution is 0.0937. The van der Waals surface area contributed by atoms with E-state index < -0.39 is 11.6 Å². The van der Waals surface area contributed by atoms with Crippen LogP contribution in [-0.2, 0) is 4.74 Å². The predicted molar refractivity (Wildman–Crippen MR) is 65.9 cm³/mol. The molecule has 2 rings (SSSR count). The van der Waals surface area contributed by atoms with Crippen molar-refractivity contribution >= 4 is 16.8 Å². The lowest BCUT2D eigenvalue weighted by Gasteiger charge is -2.06. The number of ether oxygens (including phenoxy) is 1. The molecule has 0 aliphatic heterocycles. The Balaban J connectivity index is 2.27. The van der Waals surface area contributed by atoms with Crippen molar-refractivity contribution < 1.29 is 18.3 Å². The van der Waals surface area contributed by atoms with Gasteiger partial charge in [-0.2, -0.15) is 0 Å². The van der Waals surface area contributed by atoms with Gasteiger partial charge in [-0.3, -0.25) is 9.78 Å². The molecular formula is C13H12F2N2O2. The molecule has 6 heteroatoms. The zero-order chi connectivity index (χ0) is 13.8. The summed E-state index contributed by atoms with van der Waals surface area (Å²) in [5.41, 5.74) is 0.197. The summed E-state index contributed by atoms with van der Waals surface area (Å²) in [7, 11) is 1.53. The van der Waals surface area contributed by atoms with Crippen LogP contribution in [0.3, 0.4) is 0 Å². The van der Waals surface area contributed by atoms with E-state index in [4.69, 9.17) is 4.74 Å². The van der Waals surface area contributed by atoms with Gasteiger partial charge in [0, 0.05) is 25.2 Å². The van der Waals surface area contributed by atoms with Gasteiger partial charge >= 0.3 is 0 Å². The van der Waals surface area contributed by atoms with Crippen molar-refractivity contribution in [3.8, 4) is 0 Å². The highest BCUT2D eigenvalue weighted by molar-refractivity contribution is 5.97. The monoisotopic (exact) mass is 266 g/mol. The number of halogens is 2. The molecule has 0 radical (unpaired) electrons. The van der Waals surface area contributed by atoms with Gasteiger partial charge in [0.2, 0.25) is 0 Å². The molecule has 1 N–H and O–H groups in total. The molecule has 0 saturated heterocycles. The van der Waals surface area contributed by atoms with E-state index in [9.17, 15) is 13.6 Å². The van der Waals surface area contributed by atoms with Crippen LogP contribution in [0.5, 0.6) is 0 Å². The smallest absolute Gasteiger partial charge is 0.252 e. The van der Waals surface area contributed by atoms with Gasteiger partial charge in [0.1, 0.15) is 5.52 Å². The second-order valence-corrected chi connectivity index (χ2v) is 3.91. The van der Waals surface area contributed by atoms with Gasteiger partial charge in [0.05, 0.1) is 12.2 Å². The van der Waals surface area contributed by atoms with Crippen molar-refractivity contribution in [3.63, 3.8) is 0 Å². The van der Waals surface area contributed by atoms with Crippen molar-refractivity contribution in [2.75, 3.05) is 20.3 Å². The van der Waals surface area contributed by atoms with Crippen LogP contribution in [0.15, 0.2) is 24.4 Å². The third-order valence-corrected chi connectivity index (χ3v) is 2.60. The fourth-order valence-corrected chi connectivity index (χ4v) is 1.63. The minimum atomic E-state index is -1.01. The zero-order valence-electron chi connectivity index (χ0n) is 10.2. The number of nitrogens with one attached hydrogen (secondary N) is 1. The minimum Gasteiger partial charge on any atom is -0.383 e. The first-order valence-electron chi connectivity index (χ1n) is 5.64. The molecular weight excluding hydrogens is 254 g/mol. The van der Waals surface area contributed by atoms with Gasteiger partial charge in [0.25, 0.3) is 5.91 Å². The Hall–Kier alpha value is -2.08. The van der Waals surface area contributed by atoms with Gasteiger partial charge in [0.15, 0.2) is 11.6 Å². The fraction of sp³-hybridized carbons (Fsp3) is 0.231. The first-order valence-corrected chi connectivity index (χ1v) is 5.64. The second-order valence-electron chi connectivity index (χ2n) is 3.91. The molecule has 1 aromatic carbocycles. The predicted octanol–water partition coefficient (Wildman–Crippen LogP) is 1.89. The van der Waals surface area contributed by atoms with Crippen LogP contribution in [0.2, 0.25) is 0 Å². The molecule has 0 atom stereocenters. The van der Waals surface area contributed by atoms with E-state index in [2.05, 4.69) is 10.3 Å². The SMILES string of the molecule is COCCNC(=O)c1cnc2c(F)c(F)ccc2c1. The first-order chi connectivity index (χ1) is 9.13. The maximum absolute atomic E-state index is 13.4. The number of carbonyl (C=O) groups is 1. The van der Waals surface area contributed by atoms with Crippen LogP contribution >= 0.6 is 0 Å². The summed E-state index contributed by atoms with van der Waals surface area (Å²) in [6.07, 6.45) is 1.22. The number of aromatic nitrogens is 1. The molecule has 0 aliphatic rings. The number of benzene rings is 1. The molecule has 19 heavy (non-hydrogen) atoms. The van der Waals surface area contributed by atoms with Gasteiger partial charge in [-0.25, -0.2) is 8.78 Å². The highest BCUT2D eigenvalue weighted by Crippen LogP contribution is 2.19. The van der Waals surface area contributed by atoms with Crippen LogP contribution in [0.4, 0.5) is 8.78 Å². The molecule has 1 amide bonds. The van der Waals surface area contributed by atoms with Crippen molar-refractivity contribution in [1.29, 1.82) is 0 Å². The van der Waals surface area contributed by atoms with E-state index in [-0.39, 0.29) is 17.0 Å². The molecule has 4 nitrogen and oxygen atoms in total. The van der Waals surface area contributed by atoms with E-state index in [1.165, 1.54) is 25.4 Å². The molecule has 0 aliphatic carbocycles. The molecule has 0 saturated carbocycles. The third-order valence-electron chi connectivity index (χ3n) is 2.60. The van der Waals surface area contributed by atoms with E-state index in [0.717, 1.165) is 6.07 Å². The number of rotatable bonds is 4. The third kappa shape index (κ3) is 2.85. The minimum absolute atomic E-state index is 0.0894. The van der Waals surface area contributed by atoms with Crippen molar-refractivity contribution in [2.45, 2.75) is 0 Å². The number of hydrogen-bond acceptors (Lipinski definition) is 3. The molecule has 2 aromatic rings. The number of amides is 1. The molecule has 0 spiro atoms. The number of carbonyl (C=O) groups excluding carboxylic acids is 1. The molecule has 0 bridgehead atoms. The number of pyridine rings is 1. The van der Waals surface area contributed by atoms with Crippen LogP contribution in [0.25, 0.3) is 10.9 Å². The molecule has 1 heterocycles. The van der Waals surface area contributed by atoms with Crippen LogP contribution in [0, 0.1) is 11.6 Å². The summed E-state index contributed by atoms with van der Waals surface area (Å²) in [4.78, 5) is 15.5. The van der Waals surface area contributed by atoms with E-state index >= 15 is 0 Å². The summed E-state index contributed by atoms with van der Waals surface area (Å²) in [6.45, 7) is 0.762. The normalized spacial score (nSPS) is 10.7. The number of methoxy groups -OCH3 is 1. The molecule has 1 aromatic heterocycles. The Morgan fingerprint density at radius 2 is 2.21 bits per heavy atom. The van der Waals surface area contributed by atoms with Crippen molar-refractivity contribution in [1.82, 2.24) is 10.3 Å². The average Bonchev–Trinajstić information content (AvgIpc) is 2.43. The second kappa shape index (κ2) is 5.71. The Morgan fingerprint density at radius 3 is 2.95 bits per heavy atom. The summed E-state index contributed by atoms with van der Waals surface area (Å²) < 4.78 is 31.2. The largest absolute Gasteiger partial charge is 0.383 e. The number of hydrogen-bond donors (Lipinski definition) is 1. The van der Waals surface area contributed by atoms with Gasteiger partial charge in [-0.1, -0.05) is 0 Å². The van der Waals surface area contributed by atoms with E-state index in [0.29, 0.717) is 18.5 Å². The molecule has 0 fully saturated rings. The number of fused-ring (bicyclic) bond motifs is 1. The van der Waals surface area contributed by atoms with E-state index in [1.54, 1.807) is 0 Å². The molecule has 0 unspecified atom stereocenters. The lowest BCUT2D eigenvalue weighted by atomic mass is 10.1. The standard InChI is InChI=1S/C13H12F2N2O2/c1-19-5-4-16-13(18)9-6-8-2-3-10(14)11(15)12(8)17-7-9/h2-3,6-7H,4-5H2,1H3,(H,16,18). The summed E-state index contributed by atoms with van der Waals surface area (Å²) >= 11 is 0. The fourth-order valence-electron chi connectivity index (χ4n) is 1.63. The Morgan fingerprint density at radius 1 is 1.42 bits per heavy atom. The topological polar surface area (TPSA) is 51.2 Å². The number of nitrogens with zero attached hydrogens (tertiary/aromatic N) is 1. The Kier molecular flexibility index (Phi) is 4.01. The molecule has 100 valence electrons. The quantitative estimate of drug-likeness (QED) is 0.860. The van der Waals surface area contributed by atoms with Crippen LogP contribution < -0.4 is 5.32 Å². The lowest BCUT2D eigenvalue weighted by Crippen LogP contribution is -2.27. The Labute approximate surface area is 108 Å². The van der Waals surface area contributed by atoms with Crippen LogP contribution in [-0.4, -0.2) is 31.2 Å². The zero-order valence-corrected chi connectivity index (χ0v) is 10.2. The van der Waals surface area contributed by atoms with E-state index in [1.807, 2.05) is 0 Å². The maximum atomic E-state index is 13.4. The summed E-state index contributed by atoms with van der Waals surface area (Å²) in [5, 5.41) is 2.99. The first kappa shape index (κ1) is 13.4. The average molecular weight is 266 g/mol.